The van der Waals surface area contributed by atoms with Crippen LogP contribution in [0.1, 0.15) is 67.9 Å². The minimum absolute atomic E-state index is 0.0281. The molecule has 0 amide bonds. The molecule has 222 valence electrons. The van der Waals surface area contributed by atoms with Crippen molar-refractivity contribution >= 4 is 27.5 Å². The van der Waals surface area contributed by atoms with Crippen LogP contribution in [0.25, 0.3) is 21.0 Å². The standard InChI is InChI=1S/C31H35N3O7S/c1-19-24-25(35)27(31(30(36)37)12-6-3-7-13-31)33-34(29(24)42-26(19)28-32-14-17-40-28)18-23(41-20-10-15-39-16-11-20)21-8-4-5-9-22(21)38-2/h4-5,8-9,14,17,20,23H,3,6-7,10-13,15-16,18H2,1-2H3,(H,36,37)/t23-/m1/s1. The van der Waals surface area contributed by atoms with E-state index in [2.05, 4.69) is 4.98 Å². The van der Waals surface area contributed by atoms with Crippen LogP contribution in [0.5, 0.6) is 5.75 Å². The van der Waals surface area contributed by atoms with E-state index >= 15 is 0 Å². The predicted octanol–water partition coefficient (Wildman–Crippen LogP) is 5.65. The number of oxazole rings is 1. The van der Waals surface area contributed by atoms with Gasteiger partial charge in [0.05, 0.1) is 36.2 Å². The van der Waals surface area contributed by atoms with E-state index in [1.807, 2.05) is 31.2 Å². The number of carboxylic acid groups (broad SMARTS) is 1. The number of para-hydroxylation sites is 1. The molecule has 2 aliphatic rings. The van der Waals surface area contributed by atoms with Crippen molar-refractivity contribution in [2.75, 3.05) is 20.3 Å². The number of aryl methyl sites for hydroxylation is 1. The number of ether oxygens (including phenoxy) is 3. The molecule has 3 aromatic heterocycles. The maximum Gasteiger partial charge on any atom is 0.315 e. The molecular weight excluding hydrogens is 558 g/mol. The van der Waals surface area contributed by atoms with Crippen molar-refractivity contribution in [2.24, 2.45) is 0 Å². The molecule has 2 fully saturated rings. The lowest BCUT2D eigenvalue weighted by atomic mass is 9.71. The van der Waals surface area contributed by atoms with E-state index in [0.717, 1.165) is 37.7 Å². The second-order valence-corrected chi connectivity index (χ2v) is 12.1. The fourth-order valence-electron chi connectivity index (χ4n) is 6.31. The maximum atomic E-state index is 14.2. The summed E-state index contributed by atoms with van der Waals surface area (Å²) in [6.45, 7) is 3.36. The van der Waals surface area contributed by atoms with Crippen LogP contribution in [0.2, 0.25) is 0 Å². The highest BCUT2D eigenvalue weighted by molar-refractivity contribution is 7.22. The smallest absolute Gasteiger partial charge is 0.315 e. The van der Waals surface area contributed by atoms with Crippen molar-refractivity contribution in [1.82, 2.24) is 14.8 Å². The summed E-state index contributed by atoms with van der Waals surface area (Å²) in [6.07, 6.45) is 7.23. The lowest BCUT2D eigenvalue weighted by Crippen LogP contribution is -2.43. The van der Waals surface area contributed by atoms with Crippen molar-refractivity contribution in [2.45, 2.75) is 76.0 Å². The molecule has 0 unspecified atom stereocenters. The van der Waals surface area contributed by atoms with Gasteiger partial charge in [-0.3, -0.25) is 14.3 Å². The number of rotatable bonds is 9. The molecule has 1 aliphatic heterocycles. The van der Waals surface area contributed by atoms with Gasteiger partial charge in [0.1, 0.15) is 34.1 Å². The normalized spacial score (nSPS) is 18.2. The van der Waals surface area contributed by atoms with Crippen molar-refractivity contribution in [3.8, 4) is 16.5 Å². The molecule has 4 heterocycles. The van der Waals surface area contributed by atoms with E-state index in [4.69, 9.17) is 23.7 Å². The molecule has 1 N–H and O–H groups in total. The lowest BCUT2D eigenvalue weighted by molar-refractivity contribution is -0.145. The molecule has 0 radical (unpaired) electrons. The first kappa shape index (κ1) is 28.6. The number of aliphatic carboxylic acids is 1. The van der Waals surface area contributed by atoms with Gasteiger partial charge < -0.3 is 23.7 Å². The summed E-state index contributed by atoms with van der Waals surface area (Å²) in [5, 5.41) is 15.9. The van der Waals surface area contributed by atoms with Crippen LogP contribution in [0.15, 0.2) is 45.9 Å². The second kappa shape index (κ2) is 12.0. The second-order valence-electron chi connectivity index (χ2n) is 11.1. The van der Waals surface area contributed by atoms with Crippen molar-refractivity contribution < 1.29 is 28.5 Å². The molecule has 0 bridgehead atoms. The zero-order valence-electron chi connectivity index (χ0n) is 23.8. The van der Waals surface area contributed by atoms with Crippen molar-refractivity contribution in [1.29, 1.82) is 0 Å². The zero-order valence-corrected chi connectivity index (χ0v) is 24.7. The third kappa shape index (κ3) is 5.14. The van der Waals surface area contributed by atoms with Gasteiger partial charge >= 0.3 is 5.97 Å². The fourth-order valence-corrected chi connectivity index (χ4v) is 7.51. The fraction of sp³-hybridized carbons (Fsp3) is 0.484. The Balaban J connectivity index is 1.55. The summed E-state index contributed by atoms with van der Waals surface area (Å²) < 4.78 is 25.4. The molecule has 10 nitrogen and oxygen atoms in total. The Bertz CT molecular complexity index is 1620. The quantitative estimate of drug-likeness (QED) is 0.262. The Hall–Kier alpha value is -3.54. The molecule has 1 saturated carbocycles. The van der Waals surface area contributed by atoms with E-state index in [1.165, 1.54) is 17.6 Å². The molecule has 0 spiro atoms. The summed E-state index contributed by atoms with van der Waals surface area (Å²) in [7, 11) is 1.63. The zero-order chi connectivity index (χ0) is 29.3. The van der Waals surface area contributed by atoms with E-state index in [1.54, 1.807) is 18.0 Å². The Labute approximate surface area is 247 Å². The van der Waals surface area contributed by atoms with E-state index < -0.39 is 17.5 Å². The van der Waals surface area contributed by atoms with E-state index in [0.29, 0.717) is 58.4 Å². The van der Waals surface area contributed by atoms with Gasteiger partial charge in [-0.15, -0.1) is 11.3 Å². The van der Waals surface area contributed by atoms with Gasteiger partial charge in [0.15, 0.2) is 0 Å². The third-order valence-electron chi connectivity index (χ3n) is 8.57. The average Bonchev–Trinajstić information content (AvgIpc) is 3.67. The van der Waals surface area contributed by atoms with Crippen LogP contribution in [-0.2, 0) is 26.2 Å². The molecule has 6 rings (SSSR count). The van der Waals surface area contributed by atoms with Crippen molar-refractivity contribution in [3.63, 3.8) is 0 Å². The maximum absolute atomic E-state index is 14.2. The summed E-state index contributed by atoms with van der Waals surface area (Å²) in [5.41, 5.74) is -0.0309. The number of carboxylic acids is 1. The molecular formula is C31H35N3O7S. The highest BCUT2D eigenvalue weighted by Crippen LogP contribution is 2.42. The van der Waals surface area contributed by atoms with Gasteiger partial charge in [0.25, 0.3) is 0 Å². The largest absolute Gasteiger partial charge is 0.496 e. The molecule has 1 aromatic carbocycles. The van der Waals surface area contributed by atoms with Gasteiger partial charge in [-0.2, -0.15) is 5.10 Å². The first-order valence-corrected chi connectivity index (χ1v) is 15.3. The minimum Gasteiger partial charge on any atom is -0.496 e. The number of thiophene rings is 1. The van der Waals surface area contributed by atoms with E-state index in [9.17, 15) is 14.7 Å². The molecule has 4 aromatic rings. The topological polar surface area (TPSA) is 126 Å². The minimum atomic E-state index is -1.34. The number of hydrogen-bond acceptors (Lipinski definition) is 9. The highest BCUT2D eigenvalue weighted by atomic mass is 32.1. The first-order valence-electron chi connectivity index (χ1n) is 14.5. The average molecular weight is 594 g/mol. The highest BCUT2D eigenvalue weighted by Gasteiger charge is 2.46. The van der Waals surface area contributed by atoms with Crippen LogP contribution in [-0.4, -0.2) is 52.3 Å². The van der Waals surface area contributed by atoms with Crippen LogP contribution in [0, 0.1) is 6.92 Å². The molecule has 42 heavy (non-hydrogen) atoms. The SMILES string of the molecule is COc1ccccc1[C@@H](Cn1nc(C2(C(=O)O)CCCCC2)c(=O)c2c(C)c(-c3ncco3)sc21)OC1CCOCC1. The van der Waals surface area contributed by atoms with Gasteiger partial charge in [-0.05, 0) is 44.2 Å². The molecule has 11 heteroatoms. The Kier molecular flexibility index (Phi) is 8.15. The van der Waals surface area contributed by atoms with Gasteiger partial charge in [0.2, 0.25) is 11.3 Å². The van der Waals surface area contributed by atoms with Gasteiger partial charge in [-0.1, -0.05) is 37.5 Å². The first-order chi connectivity index (χ1) is 20.4. The van der Waals surface area contributed by atoms with E-state index in [-0.39, 0.29) is 23.8 Å². The summed E-state index contributed by atoms with van der Waals surface area (Å²) >= 11 is 1.37. The lowest BCUT2D eigenvalue weighted by Gasteiger charge is -2.33. The van der Waals surface area contributed by atoms with Crippen LogP contribution in [0.3, 0.4) is 0 Å². The number of carbonyl (C=O) groups is 1. The number of fused-ring (bicyclic) bond motifs is 1. The third-order valence-corrected chi connectivity index (χ3v) is 9.86. The Morgan fingerprint density at radius 2 is 1.98 bits per heavy atom. The Morgan fingerprint density at radius 3 is 2.67 bits per heavy atom. The molecule has 1 aliphatic carbocycles. The summed E-state index contributed by atoms with van der Waals surface area (Å²) in [6, 6.07) is 7.72. The number of aromatic nitrogens is 3. The van der Waals surface area contributed by atoms with Gasteiger partial charge in [-0.25, -0.2) is 4.98 Å². The molecule has 1 atom stereocenters. The number of hydrogen-bond donors (Lipinski definition) is 1. The molecule has 1 saturated heterocycles. The van der Waals surface area contributed by atoms with Gasteiger partial charge in [0, 0.05) is 18.8 Å². The van der Waals surface area contributed by atoms with Crippen LogP contribution in [0.4, 0.5) is 0 Å². The monoisotopic (exact) mass is 593 g/mol. The number of benzene rings is 1. The number of methoxy groups -OCH3 is 1. The predicted molar refractivity (Wildman–Crippen MR) is 157 cm³/mol. The van der Waals surface area contributed by atoms with Crippen molar-refractivity contribution in [3.05, 3.63) is 63.8 Å². The van der Waals surface area contributed by atoms with Crippen LogP contribution < -0.4 is 10.2 Å². The Morgan fingerprint density at radius 1 is 1.21 bits per heavy atom. The summed E-state index contributed by atoms with van der Waals surface area (Å²) in [5.74, 6) is 0.0917. The summed E-state index contributed by atoms with van der Waals surface area (Å²) in [4.78, 5) is 32.8. The number of nitrogens with zero attached hydrogens (tertiary/aromatic N) is 3. The van der Waals surface area contributed by atoms with Crippen LogP contribution >= 0.6 is 11.3 Å².